The molecule has 1 aromatic carbocycles. The lowest BCUT2D eigenvalue weighted by molar-refractivity contribution is 0.427. The Morgan fingerprint density at radius 2 is 1.79 bits per heavy atom. The Labute approximate surface area is 118 Å². The fraction of sp³-hybridized carbons (Fsp3) is 0.647. The second kappa shape index (κ2) is 6.83. The highest BCUT2D eigenvalue weighted by molar-refractivity contribution is 5.55. The molecule has 0 saturated heterocycles. The van der Waals surface area contributed by atoms with Crippen LogP contribution in [0.25, 0.3) is 0 Å². The summed E-state index contributed by atoms with van der Waals surface area (Å²) in [4.78, 5) is 2.46. The van der Waals surface area contributed by atoms with E-state index in [9.17, 15) is 0 Å². The van der Waals surface area contributed by atoms with Crippen molar-refractivity contribution in [2.45, 2.75) is 64.5 Å². The van der Waals surface area contributed by atoms with Gasteiger partial charge in [0.15, 0.2) is 0 Å². The summed E-state index contributed by atoms with van der Waals surface area (Å²) in [5, 5.41) is 3.52. The topological polar surface area (TPSA) is 15.3 Å². The van der Waals surface area contributed by atoms with Crippen LogP contribution in [0.2, 0.25) is 0 Å². The van der Waals surface area contributed by atoms with Crippen LogP contribution in [0.4, 0.5) is 11.4 Å². The summed E-state index contributed by atoms with van der Waals surface area (Å²) < 4.78 is 0. The second-order valence-electron chi connectivity index (χ2n) is 5.90. The van der Waals surface area contributed by atoms with E-state index in [1.54, 1.807) is 0 Å². The highest BCUT2D eigenvalue weighted by Gasteiger charge is 2.18. The summed E-state index contributed by atoms with van der Waals surface area (Å²) in [5.74, 6) is 0. The molecule has 0 heterocycles. The quantitative estimate of drug-likeness (QED) is 0.828. The molecular formula is C17H28N2. The molecule has 0 bridgehead atoms. The maximum atomic E-state index is 3.52. The Hall–Kier alpha value is -1.18. The van der Waals surface area contributed by atoms with Crippen LogP contribution in [0.3, 0.4) is 0 Å². The molecule has 0 spiro atoms. The Morgan fingerprint density at radius 1 is 1.16 bits per heavy atom. The fourth-order valence-corrected chi connectivity index (χ4v) is 2.86. The van der Waals surface area contributed by atoms with Crippen molar-refractivity contribution in [3.05, 3.63) is 24.3 Å². The molecule has 0 amide bonds. The van der Waals surface area contributed by atoms with Crippen molar-refractivity contribution in [1.82, 2.24) is 0 Å². The summed E-state index contributed by atoms with van der Waals surface area (Å²) in [6.45, 7) is 4.44. The maximum absolute atomic E-state index is 3.52. The first kappa shape index (κ1) is 14.2. The van der Waals surface area contributed by atoms with Crippen LogP contribution in [0.15, 0.2) is 24.3 Å². The maximum Gasteiger partial charge on any atom is 0.0367 e. The highest BCUT2D eigenvalue weighted by Crippen LogP contribution is 2.27. The Balaban J connectivity index is 1.96. The van der Waals surface area contributed by atoms with E-state index in [1.807, 2.05) is 0 Å². The van der Waals surface area contributed by atoms with Gasteiger partial charge in [-0.25, -0.2) is 0 Å². The third kappa shape index (κ3) is 3.89. The largest absolute Gasteiger partial charge is 0.383 e. The molecule has 1 aliphatic rings. The zero-order chi connectivity index (χ0) is 13.7. The summed E-state index contributed by atoms with van der Waals surface area (Å²) in [7, 11) is 2.24. The first-order chi connectivity index (χ1) is 9.20. The standard InChI is InChI=1S/C17H28N2/c1-4-14(2)18-15-10-12-17(13-11-15)19(3)16-8-6-5-7-9-16/h10-14,16,18H,4-9H2,1-3H3. The zero-order valence-corrected chi connectivity index (χ0v) is 12.7. The Morgan fingerprint density at radius 3 is 2.37 bits per heavy atom. The van der Waals surface area contributed by atoms with Crippen molar-refractivity contribution in [3.8, 4) is 0 Å². The van der Waals surface area contributed by atoms with Crippen molar-refractivity contribution >= 4 is 11.4 Å². The van der Waals surface area contributed by atoms with Gasteiger partial charge in [-0.15, -0.1) is 0 Å². The van der Waals surface area contributed by atoms with Gasteiger partial charge in [0.1, 0.15) is 0 Å². The van der Waals surface area contributed by atoms with Crippen LogP contribution in [0, 0.1) is 0 Å². The fourth-order valence-electron chi connectivity index (χ4n) is 2.86. The van der Waals surface area contributed by atoms with Crippen LogP contribution >= 0.6 is 0 Å². The van der Waals surface area contributed by atoms with Crippen LogP contribution < -0.4 is 10.2 Å². The Kier molecular flexibility index (Phi) is 5.12. The van der Waals surface area contributed by atoms with Gasteiger partial charge >= 0.3 is 0 Å². The van der Waals surface area contributed by atoms with Crippen molar-refractivity contribution in [2.24, 2.45) is 0 Å². The van der Waals surface area contributed by atoms with E-state index in [-0.39, 0.29) is 0 Å². The van der Waals surface area contributed by atoms with Gasteiger partial charge in [0, 0.05) is 30.5 Å². The highest BCUT2D eigenvalue weighted by atomic mass is 15.1. The number of nitrogens with one attached hydrogen (secondary N) is 1. The molecule has 19 heavy (non-hydrogen) atoms. The van der Waals surface area contributed by atoms with Crippen molar-refractivity contribution in [1.29, 1.82) is 0 Å². The van der Waals surface area contributed by atoms with Gasteiger partial charge < -0.3 is 10.2 Å². The molecule has 1 unspecified atom stereocenters. The van der Waals surface area contributed by atoms with E-state index in [2.05, 4.69) is 55.4 Å². The summed E-state index contributed by atoms with van der Waals surface area (Å²) in [5.41, 5.74) is 2.58. The third-order valence-electron chi connectivity index (χ3n) is 4.42. The number of hydrogen-bond donors (Lipinski definition) is 1. The molecule has 0 aliphatic heterocycles. The SMILES string of the molecule is CCC(C)Nc1ccc(N(C)C2CCCCC2)cc1. The normalized spacial score (nSPS) is 18.1. The molecule has 1 aromatic rings. The van der Waals surface area contributed by atoms with Crippen molar-refractivity contribution in [3.63, 3.8) is 0 Å². The third-order valence-corrected chi connectivity index (χ3v) is 4.42. The first-order valence-electron chi connectivity index (χ1n) is 7.80. The van der Waals surface area contributed by atoms with Crippen molar-refractivity contribution in [2.75, 3.05) is 17.3 Å². The van der Waals surface area contributed by atoms with E-state index in [0.717, 1.165) is 12.5 Å². The number of anilines is 2. The van der Waals surface area contributed by atoms with Gasteiger partial charge in [-0.3, -0.25) is 0 Å². The lowest BCUT2D eigenvalue weighted by Crippen LogP contribution is -2.33. The molecule has 1 atom stereocenters. The number of hydrogen-bond acceptors (Lipinski definition) is 2. The lowest BCUT2D eigenvalue weighted by Gasteiger charge is -2.33. The number of nitrogens with zero attached hydrogens (tertiary/aromatic N) is 1. The van der Waals surface area contributed by atoms with E-state index < -0.39 is 0 Å². The Bertz CT molecular complexity index is 365. The number of rotatable bonds is 5. The molecule has 2 rings (SSSR count). The van der Waals surface area contributed by atoms with Gasteiger partial charge in [0.25, 0.3) is 0 Å². The van der Waals surface area contributed by atoms with Gasteiger partial charge in [0.2, 0.25) is 0 Å². The molecule has 1 N–H and O–H groups in total. The lowest BCUT2D eigenvalue weighted by atomic mass is 9.94. The van der Waals surface area contributed by atoms with Gasteiger partial charge in [-0.1, -0.05) is 26.2 Å². The van der Waals surface area contributed by atoms with Crippen LogP contribution in [-0.4, -0.2) is 19.1 Å². The molecule has 1 fully saturated rings. The monoisotopic (exact) mass is 260 g/mol. The summed E-state index contributed by atoms with van der Waals surface area (Å²) in [6, 6.07) is 10.2. The van der Waals surface area contributed by atoms with Crippen LogP contribution in [0.1, 0.15) is 52.4 Å². The van der Waals surface area contributed by atoms with E-state index in [4.69, 9.17) is 0 Å². The number of benzene rings is 1. The van der Waals surface area contributed by atoms with E-state index in [0.29, 0.717) is 6.04 Å². The van der Waals surface area contributed by atoms with Crippen LogP contribution in [0.5, 0.6) is 0 Å². The minimum atomic E-state index is 0.543. The second-order valence-corrected chi connectivity index (χ2v) is 5.90. The minimum Gasteiger partial charge on any atom is -0.383 e. The summed E-state index contributed by atoms with van der Waals surface area (Å²) >= 11 is 0. The average Bonchev–Trinajstić information content (AvgIpc) is 2.48. The minimum absolute atomic E-state index is 0.543. The predicted octanol–water partition coefficient (Wildman–Crippen LogP) is 4.67. The average molecular weight is 260 g/mol. The predicted molar refractivity (Wildman–Crippen MR) is 85.1 cm³/mol. The molecule has 2 heteroatoms. The van der Waals surface area contributed by atoms with Crippen LogP contribution in [-0.2, 0) is 0 Å². The molecule has 1 saturated carbocycles. The first-order valence-corrected chi connectivity index (χ1v) is 7.80. The molecule has 1 aliphatic carbocycles. The molecule has 106 valence electrons. The van der Waals surface area contributed by atoms with Gasteiger partial charge in [0.05, 0.1) is 0 Å². The van der Waals surface area contributed by atoms with Gasteiger partial charge in [-0.2, -0.15) is 0 Å². The van der Waals surface area contributed by atoms with Crippen molar-refractivity contribution < 1.29 is 0 Å². The molecule has 0 aromatic heterocycles. The van der Waals surface area contributed by atoms with Gasteiger partial charge in [-0.05, 0) is 50.5 Å². The smallest absolute Gasteiger partial charge is 0.0367 e. The molecule has 0 radical (unpaired) electrons. The molecular weight excluding hydrogens is 232 g/mol. The molecule has 2 nitrogen and oxygen atoms in total. The zero-order valence-electron chi connectivity index (χ0n) is 12.7. The van der Waals surface area contributed by atoms with E-state index >= 15 is 0 Å². The summed E-state index contributed by atoms with van der Waals surface area (Å²) in [6.07, 6.45) is 8.06. The van der Waals surface area contributed by atoms with E-state index in [1.165, 1.54) is 43.5 Å².